The van der Waals surface area contributed by atoms with E-state index in [-0.39, 0.29) is 24.2 Å². The average molecular weight is 502 g/mol. The Kier molecular flexibility index (Phi) is 8.08. The smallest absolute Gasteiger partial charge is 0.416 e. The molecule has 1 amide bonds. The fourth-order valence-electron chi connectivity index (χ4n) is 4.95. The second-order valence-corrected chi connectivity index (χ2v) is 11.2. The van der Waals surface area contributed by atoms with E-state index in [2.05, 4.69) is 15.6 Å². The number of amides is 1. The minimum absolute atomic E-state index is 0.0354. The molecule has 198 valence electrons. The number of aromatic nitrogens is 1. The molecule has 2 heterocycles. The van der Waals surface area contributed by atoms with E-state index in [0.29, 0.717) is 32.1 Å². The molecule has 35 heavy (non-hydrogen) atoms. The van der Waals surface area contributed by atoms with Gasteiger partial charge in [-0.15, -0.1) is 0 Å². The van der Waals surface area contributed by atoms with E-state index in [1.165, 1.54) is 0 Å². The third-order valence-corrected chi connectivity index (χ3v) is 6.84. The molecule has 2 fully saturated rings. The number of hydrogen-bond donors (Lipinski definition) is 3. The standard InChI is InChI=1S/C25H38F3N3O4/c1-22(2,3)35-20-13-16(25(26,27)28)12-19(31-20)15-29-21(32)24(23(4,5)33)9-6-18(14-24)30-17-7-10-34-11-8-17/h12-13,17-18,30,33H,6-11,14-15H2,1-5H3,(H,29,32)/t18-,24-/m1/s1. The van der Waals surface area contributed by atoms with Crippen LogP contribution in [0.25, 0.3) is 0 Å². The van der Waals surface area contributed by atoms with Crippen molar-refractivity contribution in [3.05, 3.63) is 23.4 Å². The van der Waals surface area contributed by atoms with E-state index in [1.54, 1.807) is 34.6 Å². The molecule has 1 aromatic rings. The number of nitrogens with zero attached hydrogens (tertiary/aromatic N) is 1. The summed E-state index contributed by atoms with van der Waals surface area (Å²) in [7, 11) is 0. The van der Waals surface area contributed by atoms with Gasteiger partial charge < -0.3 is 25.2 Å². The van der Waals surface area contributed by atoms with E-state index >= 15 is 0 Å². The molecule has 2 atom stereocenters. The molecule has 1 aliphatic carbocycles. The van der Waals surface area contributed by atoms with Gasteiger partial charge in [0.15, 0.2) is 0 Å². The van der Waals surface area contributed by atoms with Crippen LogP contribution in [0.3, 0.4) is 0 Å². The van der Waals surface area contributed by atoms with Gasteiger partial charge >= 0.3 is 6.18 Å². The molecule has 10 heteroatoms. The van der Waals surface area contributed by atoms with Gasteiger partial charge in [0.2, 0.25) is 11.8 Å². The average Bonchev–Trinajstić information content (AvgIpc) is 3.16. The van der Waals surface area contributed by atoms with Gasteiger partial charge in [0.05, 0.1) is 28.8 Å². The Bertz CT molecular complexity index is 889. The number of rotatable bonds is 7. The van der Waals surface area contributed by atoms with Crippen LogP contribution in [0.2, 0.25) is 0 Å². The molecule has 0 spiro atoms. The Morgan fingerprint density at radius 1 is 1.14 bits per heavy atom. The summed E-state index contributed by atoms with van der Waals surface area (Å²) in [5, 5.41) is 17.3. The van der Waals surface area contributed by atoms with Crippen molar-refractivity contribution in [1.82, 2.24) is 15.6 Å². The second kappa shape index (κ2) is 10.2. The van der Waals surface area contributed by atoms with Gasteiger partial charge in [-0.1, -0.05) is 0 Å². The normalized spacial score (nSPS) is 24.4. The van der Waals surface area contributed by atoms with Crippen molar-refractivity contribution in [2.24, 2.45) is 5.41 Å². The third kappa shape index (κ3) is 7.07. The maximum absolute atomic E-state index is 13.5. The molecule has 7 nitrogen and oxygen atoms in total. The summed E-state index contributed by atoms with van der Waals surface area (Å²) in [6.07, 6.45) is -1.15. The highest BCUT2D eigenvalue weighted by Crippen LogP contribution is 2.47. The Hall–Kier alpha value is -1.91. The van der Waals surface area contributed by atoms with E-state index in [4.69, 9.17) is 9.47 Å². The van der Waals surface area contributed by atoms with E-state index in [9.17, 15) is 23.1 Å². The van der Waals surface area contributed by atoms with Crippen LogP contribution in [0.5, 0.6) is 5.88 Å². The van der Waals surface area contributed by atoms with Gasteiger partial charge in [0.1, 0.15) is 5.60 Å². The van der Waals surface area contributed by atoms with Crippen LogP contribution in [-0.4, -0.2) is 52.5 Å². The van der Waals surface area contributed by atoms with Gasteiger partial charge in [0, 0.05) is 31.4 Å². The van der Waals surface area contributed by atoms with Crippen LogP contribution in [0.4, 0.5) is 13.2 Å². The highest BCUT2D eigenvalue weighted by Gasteiger charge is 2.54. The zero-order valence-corrected chi connectivity index (χ0v) is 21.2. The molecule has 2 aliphatic rings. The molecule has 0 bridgehead atoms. The van der Waals surface area contributed by atoms with Gasteiger partial charge in [-0.05, 0) is 72.8 Å². The third-order valence-electron chi connectivity index (χ3n) is 6.84. The summed E-state index contributed by atoms with van der Waals surface area (Å²) in [6.45, 7) is 9.57. The largest absolute Gasteiger partial charge is 0.472 e. The Balaban J connectivity index is 1.75. The zero-order chi connectivity index (χ0) is 26.1. The van der Waals surface area contributed by atoms with Gasteiger partial charge in [-0.25, -0.2) is 4.98 Å². The van der Waals surface area contributed by atoms with Crippen molar-refractivity contribution in [2.45, 2.75) is 103 Å². The number of alkyl halides is 3. The van der Waals surface area contributed by atoms with Crippen LogP contribution in [0, 0.1) is 5.41 Å². The van der Waals surface area contributed by atoms with Crippen molar-refractivity contribution < 1.29 is 32.5 Å². The number of nitrogens with one attached hydrogen (secondary N) is 2. The predicted octanol–water partition coefficient (Wildman–Crippen LogP) is 3.97. The first-order valence-electron chi connectivity index (χ1n) is 12.2. The lowest BCUT2D eigenvalue weighted by molar-refractivity contribution is -0.146. The van der Waals surface area contributed by atoms with Crippen molar-refractivity contribution in [3.63, 3.8) is 0 Å². The Labute approximate surface area is 205 Å². The molecule has 1 saturated heterocycles. The molecule has 3 N–H and O–H groups in total. The van der Waals surface area contributed by atoms with Crippen molar-refractivity contribution in [2.75, 3.05) is 13.2 Å². The fourth-order valence-corrected chi connectivity index (χ4v) is 4.95. The van der Waals surface area contributed by atoms with E-state index in [1.807, 2.05) is 0 Å². The van der Waals surface area contributed by atoms with Crippen LogP contribution in [-0.2, 0) is 22.3 Å². The van der Waals surface area contributed by atoms with Crippen molar-refractivity contribution in [1.29, 1.82) is 0 Å². The van der Waals surface area contributed by atoms with Crippen LogP contribution >= 0.6 is 0 Å². The minimum atomic E-state index is -4.58. The maximum Gasteiger partial charge on any atom is 0.416 e. The molecule has 0 unspecified atom stereocenters. The monoisotopic (exact) mass is 501 g/mol. The molecule has 1 aliphatic heterocycles. The molecule has 3 rings (SSSR count). The number of pyridine rings is 1. The summed E-state index contributed by atoms with van der Waals surface area (Å²) in [5.74, 6) is -0.547. The first-order chi connectivity index (χ1) is 16.1. The lowest BCUT2D eigenvalue weighted by Gasteiger charge is -2.39. The number of ether oxygens (including phenoxy) is 2. The zero-order valence-electron chi connectivity index (χ0n) is 21.2. The molecule has 0 radical (unpaired) electrons. The van der Waals surface area contributed by atoms with Crippen LogP contribution < -0.4 is 15.4 Å². The quantitative estimate of drug-likeness (QED) is 0.524. The number of aliphatic hydroxyl groups is 1. The Morgan fingerprint density at radius 3 is 2.37 bits per heavy atom. The van der Waals surface area contributed by atoms with E-state index < -0.39 is 34.3 Å². The molecular formula is C25H38F3N3O4. The molecule has 1 saturated carbocycles. The topological polar surface area (TPSA) is 92.7 Å². The van der Waals surface area contributed by atoms with Crippen LogP contribution in [0.15, 0.2) is 12.1 Å². The van der Waals surface area contributed by atoms with Crippen LogP contribution in [0.1, 0.15) is 78.0 Å². The minimum Gasteiger partial charge on any atom is -0.472 e. The summed E-state index contributed by atoms with van der Waals surface area (Å²) in [6, 6.07) is 2.15. The molecule has 0 aromatic carbocycles. The molecular weight excluding hydrogens is 463 g/mol. The van der Waals surface area contributed by atoms with Gasteiger partial charge in [-0.3, -0.25) is 4.79 Å². The summed E-state index contributed by atoms with van der Waals surface area (Å²) in [4.78, 5) is 17.6. The lowest BCUT2D eigenvalue weighted by atomic mass is 9.71. The highest BCUT2D eigenvalue weighted by atomic mass is 19.4. The first-order valence-corrected chi connectivity index (χ1v) is 12.2. The maximum atomic E-state index is 13.5. The highest BCUT2D eigenvalue weighted by molar-refractivity contribution is 5.84. The van der Waals surface area contributed by atoms with E-state index in [0.717, 1.165) is 31.4 Å². The molecule has 1 aromatic heterocycles. The van der Waals surface area contributed by atoms with Crippen molar-refractivity contribution in [3.8, 4) is 5.88 Å². The predicted molar refractivity (Wildman–Crippen MR) is 125 cm³/mol. The van der Waals surface area contributed by atoms with Crippen molar-refractivity contribution >= 4 is 5.91 Å². The van der Waals surface area contributed by atoms with Gasteiger partial charge in [0.25, 0.3) is 0 Å². The number of carbonyl (C=O) groups is 1. The Morgan fingerprint density at radius 2 is 1.80 bits per heavy atom. The first kappa shape index (κ1) is 27.7. The summed E-state index contributed by atoms with van der Waals surface area (Å²) in [5.41, 5.74) is -3.98. The second-order valence-electron chi connectivity index (χ2n) is 11.2. The van der Waals surface area contributed by atoms with Gasteiger partial charge in [-0.2, -0.15) is 13.2 Å². The fraction of sp³-hybridized carbons (Fsp3) is 0.760. The number of hydrogen-bond acceptors (Lipinski definition) is 6. The number of halogens is 3. The lowest BCUT2D eigenvalue weighted by Crippen LogP contribution is -2.53. The number of carbonyl (C=O) groups excluding carboxylic acids is 1. The summed E-state index contributed by atoms with van der Waals surface area (Å²) >= 11 is 0. The summed E-state index contributed by atoms with van der Waals surface area (Å²) < 4.78 is 51.3. The SMILES string of the molecule is CC(C)(C)Oc1cc(C(F)(F)F)cc(CNC(=O)[C@@]2(C(C)(C)O)CC[C@@H](NC3CCOCC3)C2)n1.